The van der Waals surface area contributed by atoms with E-state index in [9.17, 15) is 22.8 Å². The number of amides is 1. The molecule has 0 bridgehead atoms. The SMILES string of the molecule is O=C(c1ccc(F)cc1F)N1CCC[C@H](c2nc3c(nnn3Cc3ccc(F)cc3)c(=O)[nH]2)C1. The van der Waals surface area contributed by atoms with Crippen LogP contribution in [0.1, 0.15) is 40.5 Å². The van der Waals surface area contributed by atoms with E-state index in [2.05, 4.69) is 20.3 Å². The van der Waals surface area contributed by atoms with E-state index in [1.807, 2.05) is 0 Å². The Morgan fingerprint density at radius 3 is 2.62 bits per heavy atom. The van der Waals surface area contributed by atoms with Crippen LogP contribution in [0.25, 0.3) is 11.2 Å². The summed E-state index contributed by atoms with van der Waals surface area (Å²) in [5.74, 6) is -2.51. The summed E-state index contributed by atoms with van der Waals surface area (Å²) in [7, 11) is 0. The van der Waals surface area contributed by atoms with Crippen molar-refractivity contribution < 1.29 is 18.0 Å². The van der Waals surface area contributed by atoms with Gasteiger partial charge in [0.2, 0.25) is 0 Å². The quantitative estimate of drug-likeness (QED) is 0.497. The van der Waals surface area contributed by atoms with Crippen molar-refractivity contribution in [2.45, 2.75) is 25.3 Å². The molecule has 34 heavy (non-hydrogen) atoms. The zero-order valence-electron chi connectivity index (χ0n) is 17.8. The molecule has 1 aliphatic rings. The van der Waals surface area contributed by atoms with Gasteiger partial charge in [-0.3, -0.25) is 9.59 Å². The van der Waals surface area contributed by atoms with Crippen LogP contribution in [0.3, 0.4) is 0 Å². The highest BCUT2D eigenvalue weighted by atomic mass is 19.1. The molecule has 11 heteroatoms. The largest absolute Gasteiger partial charge is 0.338 e. The van der Waals surface area contributed by atoms with E-state index in [1.165, 1.54) is 21.7 Å². The predicted molar refractivity (Wildman–Crippen MR) is 116 cm³/mol. The molecule has 8 nitrogen and oxygen atoms in total. The number of H-pyrrole nitrogens is 1. The van der Waals surface area contributed by atoms with Crippen LogP contribution in [0.2, 0.25) is 0 Å². The van der Waals surface area contributed by atoms with Crippen molar-refractivity contribution in [3.05, 3.63) is 87.2 Å². The maximum absolute atomic E-state index is 14.1. The number of benzene rings is 2. The van der Waals surface area contributed by atoms with E-state index in [0.717, 1.165) is 17.7 Å². The van der Waals surface area contributed by atoms with Crippen molar-refractivity contribution >= 4 is 17.1 Å². The molecule has 1 amide bonds. The van der Waals surface area contributed by atoms with Crippen LogP contribution in [0.15, 0.2) is 47.3 Å². The molecule has 1 N–H and O–H groups in total. The van der Waals surface area contributed by atoms with Crippen molar-refractivity contribution in [1.29, 1.82) is 0 Å². The molecule has 0 saturated carbocycles. The van der Waals surface area contributed by atoms with Crippen molar-refractivity contribution in [2.24, 2.45) is 0 Å². The van der Waals surface area contributed by atoms with Crippen LogP contribution < -0.4 is 5.56 Å². The number of nitrogens with zero attached hydrogens (tertiary/aromatic N) is 5. The zero-order chi connectivity index (χ0) is 23.8. The van der Waals surface area contributed by atoms with Crippen molar-refractivity contribution in [3.63, 3.8) is 0 Å². The number of aromatic amines is 1. The first-order valence-corrected chi connectivity index (χ1v) is 10.7. The van der Waals surface area contributed by atoms with Crippen LogP contribution in [0, 0.1) is 17.5 Å². The van der Waals surface area contributed by atoms with Crippen LogP contribution >= 0.6 is 0 Å². The highest BCUT2D eigenvalue weighted by Gasteiger charge is 2.29. The van der Waals surface area contributed by atoms with Crippen molar-refractivity contribution in [1.82, 2.24) is 29.9 Å². The van der Waals surface area contributed by atoms with Gasteiger partial charge in [0.25, 0.3) is 11.5 Å². The Bertz CT molecular complexity index is 1430. The molecular weight excluding hydrogens is 449 g/mol. The monoisotopic (exact) mass is 468 g/mol. The third-order valence-corrected chi connectivity index (χ3v) is 5.89. The Morgan fingerprint density at radius 2 is 1.85 bits per heavy atom. The third kappa shape index (κ3) is 4.16. The molecule has 1 saturated heterocycles. The fourth-order valence-corrected chi connectivity index (χ4v) is 4.16. The molecule has 4 aromatic rings. The molecular formula is C23H19F3N6O2. The maximum Gasteiger partial charge on any atom is 0.281 e. The van der Waals surface area contributed by atoms with Crippen molar-refractivity contribution in [2.75, 3.05) is 13.1 Å². The molecule has 0 radical (unpaired) electrons. The van der Waals surface area contributed by atoms with Gasteiger partial charge in [-0.25, -0.2) is 22.8 Å². The van der Waals surface area contributed by atoms with Crippen LogP contribution in [0.4, 0.5) is 13.2 Å². The van der Waals surface area contributed by atoms with E-state index >= 15 is 0 Å². The Balaban J connectivity index is 1.42. The molecule has 174 valence electrons. The van der Waals surface area contributed by atoms with E-state index in [-0.39, 0.29) is 41.6 Å². The number of aromatic nitrogens is 5. The molecule has 1 atom stereocenters. The smallest absolute Gasteiger partial charge is 0.281 e. The minimum Gasteiger partial charge on any atom is -0.338 e. The lowest BCUT2D eigenvalue weighted by atomic mass is 9.96. The van der Waals surface area contributed by atoms with Gasteiger partial charge in [-0.2, -0.15) is 0 Å². The second-order valence-electron chi connectivity index (χ2n) is 8.21. The van der Waals surface area contributed by atoms with E-state index in [4.69, 9.17) is 0 Å². The van der Waals surface area contributed by atoms with Gasteiger partial charge in [0, 0.05) is 25.1 Å². The Labute approximate surface area is 191 Å². The molecule has 1 aliphatic heterocycles. The normalized spacial score (nSPS) is 16.2. The summed E-state index contributed by atoms with van der Waals surface area (Å²) in [6, 6.07) is 8.72. The minimum atomic E-state index is -0.921. The van der Waals surface area contributed by atoms with Crippen LogP contribution in [0.5, 0.6) is 0 Å². The first kappa shape index (κ1) is 21.8. The topological polar surface area (TPSA) is 96.8 Å². The Hall–Kier alpha value is -4.02. The highest BCUT2D eigenvalue weighted by Crippen LogP contribution is 2.26. The summed E-state index contributed by atoms with van der Waals surface area (Å²) >= 11 is 0. The number of fused-ring (bicyclic) bond motifs is 1. The number of hydrogen-bond acceptors (Lipinski definition) is 5. The van der Waals surface area contributed by atoms with Gasteiger partial charge in [0.05, 0.1) is 12.1 Å². The summed E-state index contributed by atoms with van der Waals surface area (Å²) in [6.07, 6.45) is 1.28. The van der Waals surface area contributed by atoms with Gasteiger partial charge in [-0.05, 0) is 42.7 Å². The van der Waals surface area contributed by atoms with E-state index < -0.39 is 23.1 Å². The molecule has 2 aromatic carbocycles. The van der Waals surface area contributed by atoms with Gasteiger partial charge >= 0.3 is 0 Å². The molecule has 0 unspecified atom stereocenters. The molecule has 5 rings (SSSR count). The van der Waals surface area contributed by atoms with Gasteiger partial charge in [0.15, 0.2) is 11.2 Å². The predicted octanol–water partition coefficient (Wildman–Crippen LogP) is 3.00. The van der Waals surface area contributed by atoms with E-state index in [0.29, 0.717) is 31.3 Å². The number of carbonyl (C=O) groups is 1. The van der Waals surface area contributed by atoms with Crippen molar-refractivity contribution in [3.8, 4) is 0 Å². The summed E-state index contributed by atoms with van der Waals surface area (Å²) in [5.41, 5.74) is 0.436. The fourth-order valence-electron chi connectivity index (χ4n) is 4.16. The Kier molecular flexibility index (Phi) is 5.60. The first-order valence-electron chi connectivity index (χ1n) is 10.7. The minimum absolute atomic E-state index is 0.0722. The molecule has 0 aliphatic carbocycles. The number of likely N-dealkylation sites (tertiary alicyclic amines) is 1. The van der Waals surface area contributed by atoms with Gasteiger partial charge in [0.1, 0.15) is 23.3 Å². The zero-order valence-corrected chi connectivity index (χ0v) is 17.8. The summed E-state index contributed by atoms with van der Waals surface area (Å²) < 4.78 is 42.0. The maximum atomic E-state index is 14.1. The molecule has 2 aromatic heterocycles. The molecule has 3 heterocycles. The standard InChI is InChI=1S/C23H19F3N6O2/c24-15-5-3-13(4-6-15)11-32-21-19(29-30-32)22(33)28-20(27-21)14-2-1-9-31(12-14)23(34)17-8-7-16(25)10-18(17)26/h3-8,10,14H,1-2,9,11-12H2,(H,27,28,33)/t14-/m0/s1. The summed E-state index contributed by atoms with van der Waals surface area (Å²) in [5, 5.41) is 7.93. The lowest BCUT2D eigenvalue weighted by Gasteiger charge is -2.32. The van der Waals surface area contributed by atoms with Gasteiger partial charge in [-0.15, -0.1) is 5.10 Å². The number of rotatable bonds is 4. The van der Waals surface area contributed by atoms with E-state index in [1.54, 1.807) is 12.1 Å². The highest BCUT2D eigenvalue weighted by molar-refractivity contribution is 5.94. The number of carbonyl (C=O) groups excluding carboxylic acids is 1. The summed E-state index contributed by atoms with van der Waals surface area (Å²) in [6.45, 7) is 0.859. The average Bonchev–Trinajstić information content (AvgIpc) is 3.23. The molecule has 0 spiro atoms. The number of piperidine rings is 1. The first-order chi connectivity index (χ1) is 16.4. The van der Waals surface area contributed by atoms with Crippen LogP contribution in [-0.2, 0) is 6.54 Å². The fraction of sp³-hybridized carbons (Fsp3) is 0.261. The summed E-state index contributed by atoms with van der Waals surface area (Å²) in [4.78, 5) is 34.3. The van der Waals surface area contributed by atoms with Crippen LogP contribution in [-0.4, -0.2) is 48.9 Å². The van der Waals surface area contributed by atoms with Gasteiger partial charge < -0.3 is 9.88 Å². The van der Waals surface area contributed by atoms with Gasteiger partial charge in [-0.1, -0.05) is 17.3 Å². The molecule has 1 fully saturated rings. The number of nitrogens with one attached hydrogen (secondary N) is 1. The average molecular weight is 468 g/mol. The third-order valence-electron chi connectivity index (χ3n) is 5.89. The lowest BCUT2D eigenvalue weighted by molar-refractivity contribution is 0.0699. The Morgan fingerprint density at radius 1 is 1.09 bits per heavy atom. The second kappa shape index (κ2) is 8.73. The second-order valence-corrected chi connectivity index (χ2v) is 8.21. The number of halogens is 3. The lowest BCUT2D eigenvalue weighted by Crippen LogP contribution is -2.40. The number of hydrogen-bond donors (Lipinski definition) is 1.